The predicted molar refractivity (Wildman–Crippen MR) is 103 cm³/mol. The van der Waals surface area contributed by atoms with Gasteiger partial charge in [0, 0.05) is 18.2 Å². The Morgan fingerprint density at radius 1 is 1.33 bits per heavy atom. The molecule has 0 N–H and O–H groups in total. The number of rotatable bonds is 4. The van der Waals surface area contributed by atoms with Crippen LogP contribution in [0.4, 0.5) is 0 Å². The highest BCUT2D eigenvalue weighted by Gasteiger charge is 2.34. The van der Waals surface area contributed by atoms with Gasteiger partial charge in [0.1, 0.15) is 5.75 Å². The molecule has 2 aromatic rings. The maximum absolute atomic E-state index is 12.6. The SMILES string of the molecule is COC(=O)C(OC(C)(C)C)c1c(C)nn(C)c1-c1ccc2c(c1)CCCO2. The molecule has 0 amide bonds. The van der Waals surface area contributed by atoms with Crippen LogP contribution in [-0.4, -0.2) is 35.1 Å². The van der Waals surface area contributed by atoms with E-state index >= 15 is 0 Å². The molecule has 6 heteroatoms. The van der Waals surface area contributed by atoms with Crippen molar-refractivity contribution in [1.29, 1.82) is 0 Å². The highest BCUT2D eigenvalue weighted by Crippen LogP contribution is 2.37. The second kappa shape index (κ2) is 7.35. The number of benzene rings is 1. The molecule has 1 aliphatic rings. The Hall–Kier alpha value is -2.34. The van der Waals surface area contributed by atoms with E-state index in [1.54, 1.807) is 4.68 Å². The summed E-state index contributed by atoms with van der Waals surface area (Å²) in [6.07, 6.45) is 1.14. The van der Waals surface area contributed by atoms with Crippen LogP contribution in [0.15, 0.2) is 18.2 Å². The Morgan fingerprint density at radius 2 is 2.07 bits per heavy atom. The molecule has 2 heterocycles. The highest BCUT2D eigenvalue weighted by molar-refractivity contribution is 5.81. The van der Waals surface area contributed by atoms with Gasteiger partial charge < -0.3 is 14.2 Å². The number of aromatic nitrogens is 2. The fourth-order valence-electron chi connectivity index (χ4n) is 3.52. The third-order valence-corrected chi connectivity index (χ3v) is 4.60. The van der Waals surface area contributed by atoms with Gasteiger partial charge in [-0.1, -0.05) is 0 Å². The second-order valence-corrected chi connectivity index (χ2v) is 7.88. The van der Waals surface area contributed by atoms with E-state index in [4.69, 9.17) is 14.2 Å². The summed E-state index contributed by atoms with van der Waals surface area (Å²) in [6.45, 7) is 8.41. The number of nitrogens with zero attached hydrogens (tertiary/aromatic N) is 2. The van der Waals surface area contributed by atoms with Gasteiger partial charge in [-0.25, -0.2) is 4.79 Å². The van der Waals surface area contributed by atoms with Crippen LogP contribution in [0.2, 0.25) is 0 Å². The lowest BCUT2D eigenvalue weighted by molar-refractivity contribution is -0.164. The topological polar surface area (TPSA) is 62.6 Å². The van der Waals surface area contributed by atoms with Crippen molar-refractivity contribution in [2.75, 3.05) is 13.7 Å². The Morgan fingerprint density at radius 3 is 2.74 bits per heavy atom. The summed E-state index contributed by atoms with van der Waals surface area (Å²) in [4.78, 5) is 12.6. The van der Waals surface area contributed by atoms with E-state index in [1.807, 2.05) is 46.9 Å². The van der Waals surface area contributed by atoms with Crippen molar-refractivity contribution in [3.05, 3.63) is 35.0 Å². The van der Waals surface area contributed by atoms with Gasteiger partial charge in [0.25, 0.3) is 0 Å². The second-order valence-electron chi connectivity index (χ2n) is 7.88. The molecule has 1 aromatic carbocycles. The number of hydrogen-bond donors (Lipinski definition) is 0. The van der Waals surface area contributed by atoms with Crippen LogP contribution in [0.5, 0.6) is 5.75 Å². The lowest BCUT2D eigenvalue weighted by atomic mass is 9.97. The molecule has 0 spiro atoms. The Balaban J connectivity index is 2.13. The molecule has 0 fully saturated rings. The fraction of sp³-hybridized carbons (Fsp3) is 0.524. The van der Waals surface area contributed by atoms with Gasteiger partial charge in [-0.15, -0.1) is 0 Å². The van der Waals surface area contributed by atoms with Crippen molar-refractivity contribution in [3.8, 4) is 17.0 Å². The van der Waals surface area contributed by atoms with Gasteiger partial charge in [0.2, 0.25) is 0 Å². The van der Waals surface area contributed by atoms with Crippen molar-refractivity contribution < 1.29 is 19.0 Å². The van der Waals surface area contributed by atoms with Crippen LogP contribution in [0.1, 0.15) is 50.1 Å². The van der Waals surface area contributed by atoms with E-state index in [0.29, 0.717) is 0 Å². The molecule has 27 heavy (non-hydrogen) atoms. The molecule has 1 aromatic heterocycles. The molecule has 0 aliphatic carbocycles. The average Bonchev–Trinajstić information content (AvgIpc) is 2.91. The summed E-state index contributed by atoms with van der Waals surface area (Å²) in [5, 5.41) is 4.56. The number of carbonyl (C=O) groups is 1. The normalized spacial score (nSPS) is 15.0. The molecule has 3 rings (SSSR count). The zero-order valence-electron chi connectivity index (χ0n) is 17.0. The average molecular weight is 372 g/mol. The zero-order chi connectivity index (χ0) is 19.8. The molecule has 0 radical (unpaired) electrons. The molecule has 1 atom stereocenters. The third kappa shape index (κ3) is 4.00. The van der Waals surface area contributed by atoms with Crippen LogP contribution in [0.3, 0.4) is 0 Å². The summed E-state index contributed by atoms with van der Waals surface area (Å²) in [7, 11) is 3.26. The van der Waals surface area contributed by atoms with Gasteiger partial charge in [-0.2, -0.15) is 5.10 Å². The largest absolute Gasteiger partial charge is 0.493 e. The first-order valence-electron chi connectivity index (χ1n) is 9.26. The van der Waals surface area contributed by atoms with E-state index in [2.05, 4.69) is 11.2 Å². The first kappa shape index (κ1) is 19.4. The summed E-state index contributed by atoms with van der Waals surface area (Å²) in [5.74, 6) is 0.504. The fourth-order valence-corrected chi connectivity index (χ4v) is 3.52. The zero-order valence-corrected chi connectivity index (χ0v) is 17.0. The van der Waals surface area contributed by atoms with Crippen molar-refractivity contribution >= 4 is 5.97 Å². The molecule has 6 nitrogen and oxygen atoms in total. The maximum atomic E-state index is 12.6. The number of fused-ring (bicyclic) bond motifs is 1. The lowest BCUT2D eigenvalue weighted by Crippen LogP contribution is -2.28. The van der Waals surface area contributed by atoms with Gasteiger partial charge in [0.05, 0.1) is 30.7 Å². The quantitative estimate of drug-likeness (QED) is 0.765. The summed E-state index contributed by atoms with van der Waals surface area (Å²) < 4.78 is 18.7. The first-order valence-corrected chi connectivity index (χ1v) is 9.26. The van der Waals surface area contributed by atoms with Crippen LogP contribution in [-0.2, 0) is 27.7 Å². The van der Waals surface area contributed by atoms with Gasteiger partial charge in [-0.3, -0.25) is 4.68 Å². The number of aryl methyl sites for hydroxylation is 3. The van der Waals surface area contributed by atoms with Crippen LogP contribution >= 0.6 is 0 Å². The molecule has 1 aliphatic heterocycles. The predicted octanol–water partition coefficient (Wildman–Crippen LogP) is 3.75. The van der Waals surface area contributed by atoms with Crippen molar-refractivity contribution in [3.63, 3.8) is 0 Å². The molecular formula is C21H28N2O4. The summed E-state index contributed by atoms with van der Waals surface area (Å²) in [5.41, 5.74) is 4.01. The number of carbonyl (C=O) groups excluding carboxylic acids is 1. The van der Waals surface area contributed by atoms with Gasteiger partial charge in [-0.05, 0) is 64.3 Å². The van der Waals surface area contributed by atoms with E-state index in [9.17, 15) is 4.79 Å². The molecule has 146 valence electrons. The Bertz CT molecular complexity index is 849. The minimum absolute atomic E-state index is 0.427. The van der Waals surface area contributed by atoms with E-state index in [-0.39, 0.29) is 0 Å². The van der Waals surface area contributed by atoms with Gasteiger partial charge >= 0.3 is 5.97 Å². The van der Waals surface area contributed by atoms with E-state index < -0.39 is 17.7 Å². The van der Waals surface area contributed by atoms with E-state index in [1.165, 1.54) is 12.7 Å². The minimum atomic E-state index is -0.842. The smallest absolute Gasteiger partial charge is 0.339 e. The van der Waals surface area contributed by atoms with Crippen LogP contribution < -0.4 is 4.74 Å². The number of ether oxygens (including phenoxy) is 3. The standard InChI is InChI=1S/C21H28N2O4/c1-13-17(19(20(24)25-6)27-21(2,3)4)18(23(5)22-13)15-9-10-16-14(12-15)8-7-11-26-16/h9-10,12,19H,7-8,11H2,1-6H3. The van der Waals surface area contributed by atoms with Crippen LogP contribution in [0.25, 0.3) is 11.3 Å². The maximum Gasteiger partial charge on any atom is 0.339 e. The summed E-state index contributed by atoms with van der Waals surface area (Å²) in [6, 6.07) is 6.13. The lowest BCUT2D eigenvalue weighted by Gasteiger charge is -2.27. The first-order chi connectivity index (χ1) is 12.7. The van der Waals surface area contributed by atoms with Crippen molar-refractivity contribution in [1.82, 2.24) is 9.78 Å². The van der Waals surface area contributed by atoms with Crippen molar-refractivity contribution in [2.45, 2.75) is 52.2 Å². The van der Waals surface area contributed by atoms with E-state index in [0.717, 1.165) is 47.7 Å². The molecule has 1 unspecified atom stereocenters. The monoisotopic (exact) mass is 372 g/mol. The number of methoxy groups -OCH3 is 1. The van der Waals surface area contributed by atoms with Crippen molar-refractivity contribution in [2.24, 2.45) is 7.05 Å². The highest BCUT2D eigenvalue weighted by atomic mass is 16.6. The van der Waals surface area contributed by atoms with Crippen LogP contribution in [0, 0.1) is 6.92 Å². The molecule has 0 bridgehead atoms. The molecular weight excluding hydrogens is 344 g/mol. The number of hydrogen-bond acceptors (Lipinski definition) is 5. The Labute approximate surface area is 160 Å². The summed E-state index contributed by atoms with van der Waals surface area (Å²) >= 11 is 0. The Kier molecular flexibility index (Phi) is 5.29. The molecule has 0 saturated carbocycles. The third-order valence-electron chi connectivity index (χ3n) is 4.60. The van der Waals surface area contributed by atoms with Gasteiger partial charge in [0.15, 0.2) is 6.10 Å². The minimum Gasteiger partial charge on any atom is -0.493 e. The number of esters is 1. The molecule has 0 saturated heterocycles.